The summed E-state index contributed by atoms with van der Waals surface area (Å²) in [5.74, 6) is -1.13. The van der Waals surface area contributed by atoms with Gasteiger partial charge in [0.25, 0.3) is 0 Å². The molecule has 0 heterocycles. The topological polar surface area (TPSA) is 152 Å². The lowest BCUT2D eigenvalue weighted by Gasteiger charge is -2.25. The highest BCUT2D eigenvalue weighted by molar-refractivity contribution is 6.76. The third-order valence-corrected chi connectivity index (χ3v) is 7.24. The fraction of sp³-hybridized carbons (Fsp3) is 0.600. The molecule has 0 bridgehead atoms. The molecule has 0 aliphatic rings. The standard InChI is InChI=1S/C25H43N5O5Si/c1-7-18-10-12-19(13-11-18)28-22(31)20(9-8-14-27-24(26)33)29-23(32)21(17(2)3)30-25(34)35-15-16-36(4,5)6/h10-13,17,20-21H,7-9,14-16H2,1-6H3,(H,28,31)(H,29,32)(H,30,34)(H3,26,27,33)/t20-,21-/m0/s1. The minimum Gasteiger partial charge on any atom is -0.450 e. The quantitative estimate of drug-likeness (QED) is 0.188. The van der Waals surface area contributed by atoms with Crippen molar-refractivity contribution >= 4 is 37.7 Å². The second-order valence-electron chi connectivity index (χ2n) is 10.3. The van der Waals surface area contributed by atoms with Crippen LogP contribution in [0.3, 0.4) is 0 Å². The van der Waals surface area contributed by atoms with Crippen LogP contribution in [0.1, 0.15) is 39.2 Å². The Balaban J connectivity index is 2.86. The van der Waals surface area contributed by atoms with E-state index in [2.05, 4.69) is 40.9 Å². The Morgan fingerprint density at radius 1 is 1.00 bits per heavy atom. The summed E-state index contributed by atoms with van der Waals surface area (Å²) in [7, 11) is -1.37. The van der Waals surface area contributed by atoms with Crippen molar-refractivity contribution in [2.24, 2.45) is 11.7 Å². The van der Waals surface area contributed by atoms with Gasteiger partial charge in [-0.05, 0) is 48.9 Å². The molecule has 0 fully saturated rings. The van der Waals surface area contributed by atoms with E-state index in [1.165, 1.54) is 0 Å². The molecule has 1 aromatic carbocycles. The summed E-state index contributed by atoms with van der Waals surface area (Å²) in [6.45, 7) is 12.7. The van der Waals surface area contributed by atoms with Gasteiger partial charge < -0.3 is 31.7 Å². The first-order chi connectivity index (χ1) is 16.8. The summed E-state index contributed by atoms with van der Waals surface area (Å²) in [5.41, 5.74) is 6.85. The molecule has 0 aliphatic heterocycles. The van der Waals surface area contributed by atoms with Gasteiger partial charge in [0.1, 0.15) is 12.1 Å². The predicted molar refractivity (Wildman–Crippen MR) is 144 cm³/mol. The Morgan fingerprint density at radius 2 is 1.64 bits per heavy atom. The maximum Gasteiger partial charge on any atom is 0.407 e. The number of carbonyl (C=O) groups excluding carboxylic acids is 4. The summed E-state index contributed by atoms with van der Waals surface area (Å²) < 4.78 is 5.27. The lowest BCUT2D eigenvalue weighted by atomic mass is 10.0. The van der Waals surface area contributed by atoms with Gasteiger partial charge in [0, 0.05) is 20.3 Å². The molecule has 0 unspecified atom stereocenters. The van der Waals surface area contributed by atoms with Crippen molar-refractivity contribution in [1.82, 2.24) is 16.0 Å². The van der Waals surface area contributed by atoms with E-state index in [0.29, 0.717) is 18.7 Å². The summed E-state index contributed by atoms with van der Waals surface area (Å²) >= 11 is 0. The zero-order chi connectivity index (χ0) is 27.3. The van der Waals surface area contributed by atoms with Crippen LogP contribution >= 0.6 is 0 Å². The summed E-state index contributed by atoms with van der Waals surface area (Å²) in [4.78, 5) is 49.4. The molecule has 0 saturated carbocycles. The SMILES string of the molecule is CCc1ccc(NC(=O)[C@H](CCCNC(N)=O)NC(=O)[C@@H](NC(=O)OCC[Si](C)(C)C)C(C)C)cc1. The molecule has 202 valence electrons. The predicted octanol–water partition coefficient (Wildman–Crippen LogP) is 3.21. The smallest absolute Gasteiger partial charge is 0.407 e. The lowest BCUT2D eigenvalue weighted by molar-refractivity contribution is -0.128. The van der Waals surface area contributed by atoms with Gasteiger partial charge in [0.2, 0.25) is 11.8 Å². The number of hydrogen-bond donors (Lipinski definition) is 5. The van der Waals surface area contributed by atoms with Gasteiger partial charge in [-0.15, -0.1) is 0 Å². The minimum absolute atomic E-state index is 0.239. The van der Waals surface area contributed by atoms with E-state index in [0.717, 1.165) is 18.0 Å². The number of carbonyl (C=O) groups is 4. The van der Waals surface area contributed by atoms with Crippen LogP contribution < -0.4 is 27.0 Å². The van der Waals surface area contributed by atoms with E-state index in [9.17, 15) is 19.2 Å². The zero-order valence-electron chi connectivity index (χ0n) is 22.4. The molecule has 2 atom stereocenters. The molecule has 6 N–H and O–H groups in total. The molecule has 1 rings (SSSR count). The average molecular weight is 522 g/mol. The van der Waals surface area contributed by atoms with Crippen LogP contribution in [-0.4, -0.2) is 57.2 Å². The van der Waals surface area contributed by atoms with Gasteiger partial charge in [0.15, 0.2) is 0 Å². The monoisotopic (exact) mass is 521 g/mol. The van der Waals surface area contributed by atoms with Crippen molar-refractivity contribution in [2.75, 3.05) is 18.5 Å². The van der Waals surface area contributed by atoms with Crippen LogP contribution in [0.4, 0.5) is 15.3 Å². The van der Waals surface area contributed by atoms with Crippen LogP contribution in [0.15, 0.2) is 24.3 Å². The Labute approximate surface area is 215 Å². The van der Waals surface area contributed by atoms with E-state index in [1.807, 2.05) is 19.1 Å². The number of alkyl carbamates (subject to hydrolysis) is 1. The molecular weight excluding hydrogens is 478 g/mol. The number of benzene rings is 1. The first-order valence-corrected chi connectivity index (χ1v) is 16.2. The first kappa shape index (κ1) is 30.9. The minimum atomic E-state index is -1.37. The maximum absolute atomic E-state index is 13.1. The van der Waals surface area contributed by atoms with E-state index >= 15 is 0 Å². The van der Waals surface area contributed by atoms with Crippen molar-refractivity contribution in [3.63, 3.8) is 0 Å². The Kier molecular flexibility index (Phi) is 13.0. The zero-order valence-corrected chi connectivity index (χ0v) is 23.4. The fourth-order valence-electron chi connectivity index (χ4n) is 3.25. The van der Waals surface area contributed by atoms with Crippen LogP contribution in [0.2, 0.25) is 25.7 Å². The van der Waals surface area contributed by atoms with E-state index in [-0.39, 0.29) is 18.9 Å². The number of urea groups is 1. The lowest BCUT2D eigenvalue weighted by Crippen LogP contribution is -2.54. The number of anilines is 1. The molecule has 1 aromatic rings. The van der Waals surface area contributed by atoms with Crippen LogP contribution in [0.25, 0.3) is 0 Å². The van der Waals surface area contributed by atoms with E-state index in [1.54, 1.807) is 26.0 Å². The fourth-order valence-corrected chi connectivity index (χ4v) is 3.97. The number of nitrogens with two attached hydrogens (primary N) is 1. The molecule has 0 saturated heterocycles. The third kappa shape index (κ3) is 12.6. The second-order valence-corrected chi connectivity index (χ2v) is 16.0. The molecule has 10 nitrogen and oxygen atoms in total. The summed E-state index contributed by atoms with van der Waals surface area (Å²) in [6, 6.07) is 5.85. The van der Waals surface area contributed by atoms with Gasteiger partial charge in [-0.2, -0.15) is 0 Å². The van der Waals surface area contributed by atoms with Gasteiger partial charge in [-0.25, -0.2) is 9.59 Å². The Hall–Kier alpha value is -3.08. The van der Waals surface area contributed by atoms with Crippen molar-refractivity contribution < 1.29 is 23.9 Å². The maximum atomic E-state index is 13.1. The number of aryl methyl sites for hydroxylation is 1. The molecule has 11 heteroatoms. The molecular formula is C25H43N5O5Si. The molecule has 5 amide bonds. The number of amides is 5. The average Bonchev–Trinajstić information content (AvgIpc) is 2.78. The third-order valence-electron chi connectivity index (χ3n) is 5.54. The van der Waals surface area contributed by atoms with Gasteiger partial charge in [-0.3, -0.25) is 9.59 Å². The van der Waals surface area contributed by atoms with Crippen LogP contribution in [0.5, 0.6) is 0 Å². The van der Waals surface area contributed by atoms with Crippen molar-refractivity contribution in [3.8, 4) is 0 Å². The van der Waals surface area contributed by atoms with Gasteiger partial charge in [-0.1, -0.05) is 52.5 Å². The number of ether oxygens (including phenoxy) is 1. The number of primary amides is 1. The van der Waals surface area contributed by atoms with Gasteiger partial charge >= 0.3 is 12.1 Å². The number of hydrogen-bond acceptors (Lipinski definition) is 5. The second kappa shape index (κ2) is 15.1. The largest absolute Gasteiger partial charge is 0.450 e. The molecule has 36 heavy (non-hydrogen) atoms. The van der Waals surface area contributed by atoms with E-state index < -0.39 is 44.1 Å². The molecule has 0 aliphatic carbocycles. The van der Waals surface area contributed by atoms with E-state index in [4.69, 9.17) is 10.5 Å². The van der Waals surface area contributed by atoms with Crippen molar-refractivity contribution in [2.45, 2.75) is 77.8 Å². The van der Waals surface area contributed by atoms with Crippen molar-refractivity contribution in [1.29, 1.82) is 0 Å². The first-order valence-electron chi connectivity index (χ1n) is 12.5. The normalized spacial score (nSPS) is 12.9. The highest BCUT2D eigenvalue weighted by atomic mass is 28.3. The highest BCUT2D eigenvalue weighted by Crippen LogP contribution is 2.12. The summed E-state index contributed by atoms with van der Waals surface area (Å²) in [5, 5.41) is 10.7. The number of rotatable bonds is 14. The molecule has 0 spiro atoms. The number of nitrogens with one attached hydrogen (secondary N) is 4. The van der Waals surface area contributed by atoms with Crippen LogP contribution in [0, 0.1) is 5.92 Å². The van der Waals surface area contributed by atoms with Crippen molar-refractivity contribution in [3.05, 3.63) is 29.8 Å². The summed E-state index contributed by atoms with van der Waals surface area (Å²) in [6.07, 6.45) is 0.888. The van der Waals surface area contributed by atoms with Crippen LogP contribution in [-0.2, 0) is 20.7 Å². The Morgan fingerprint density at radius 3 is 2.17 bits per heavy atom. The van der Waals surface area contributed by atoms with Gasteiger partial charge in [0.05, 0.1) is 6.61 Å². The Bertz CT molecular complexity index is 871. The molecule has 0 aromatic heterocycles. The molecule has 0 radical (unpaired) electrons. The highest BCUT2D eigenvalue weighted by Gasteiger charge is 2.29.